The number of aromatic carboxylic acids is 2. The molecular weight excluding hydrogens is 1870 g/mol. The molecule has 0 unspecified atom stereocenters. The summed E-state index contributed by atoms with van der Waals surface area (Å²) in [6.07, 6.45) is 37.7. The molecule has 0 amide bonds. The van der Waals surface area contributed by atoms with Gasteiger partial charge >= 0.3 is 11.9 Å². The molecule has 0 saturated carbocycles. The fourth-order valence-corrected chi connectivity index (χ4v) is 18.0. The predicted molar refractivity (Wildman–Crippen MR) is 596 cm³/mol. The van der Waals surface area contributed by atoms with Crippen LogP contribution in [-0.2, 0) is 32.5 Å². The molecule has 11 aromatic rings. The van der Waals surface area contributed by atoms with Gasteiger partial charge in [-0.25, -0.2) is 9.59 Å². The molecule has 6 aliphatic rings. The lowest BCUT2D eigenvalue weighted by molar-refractivity contribution is 0.0686. The first-order valence-corrected chi connectivity index (χ1v) is 50.1. The number of ketones is 1. The Labute approximate surface area is 843 Å². The van der Waals surface area contributed by atoms with Gasteiger partial charge in [0.1, 0.15) is 0 Å². The van der Waals surface area contributed by atoms with Crippen molar-refractivity contribution in [2.75, 3.05) is 10.7 Å². The fourth-order valence-electron chi connectivity index (χ4n) is 17.2. The van der Waals surface area contributed by atoms with E-state index in [1.54, 1.807) is 24.3 Å². The minimum atomic E-state index is -0.898. The highest BCUT2D eigenvalue weighted by atomic mass is 79.9. The van der Waals surface area contributed by atoms with Gasteiger partial charge in [0.15, 0.2) is 5.78 Å². The van der Waals surface area contributed by atoms with Crippen molar-refractivity contribution < 1.29 is 24.6 Å². The standard InChI is InChI=1S/2C22H22O2.2C22H24.C13H15Br.C12H13BrO.C9H10.2CH2Cl2/c2*1-15-12-13-22(2,3)20-11-8-17(14-19(15)20)5-4-16-6-9-18(10-7-16)21(23)24;2*1-16-5-7-18(8-6-16)9-10-19-11-12-21-20(15-19)17(2)13-14-22(21,3)4;1-9-6-7-13(2,3)12-5-4-10(14)8-11(9)12;1-12(2)6-5-11(14)9-7-8(13)3-4-10(9)12;1-3-9-6-4-8(2)5-7-9;2*2-1-3/h2*4-12,14H,13H2,1-3H3,(H,23,24);2*5-13,15H,14H2,1-4H3;4-6,8H,7H2,1-3H3;3-4,7H,5-6H2,1-2H3;3-7H,1H2,2H3;2*1H2/b2*5-4+;2*10-9+;;;;;. The monoisotopic (exact) mass is 2000 g/mol. The SMILES string of the molecule is C=Cc1ccc(C)cc1.CC1(C)CCC(=O)c2cc(Br)ccc21.CC1=CCC(C)(C)c2ccc(/C=C/c3ccc(C(=O)O)cc3)cc21.CC1=CCC(C)(C)c2ccc(/C=C/c3ccc(C(=O)O)cc3)cc21.CC1=CCC(C)(C)c2ccc(/C=C/c3ccc(C)cc3)cc21.CC1=CCC(C)(C)c2ccc(/C=C/c3ccc(C)cc3)cc21.CC1=CCC(C)(C)c2ccc(Br)cc21.ClCCl.ClCCl. The number of rotatable bonds is 11. The summed E-state index contributed by atoms with van der Waals surface area (Å²) in [6, 6.07) is 79.0. The summed E-state index contributed by atoms with van der Waals surface area (Å²) in [5.41, 5.74) is 39.4. The predicted octanol–water partition coefficient (Wildman–Crippen LogP) is 37.5. The molecule has 135 heavy (non-hydrogen) atoms. The van der Waals surface area contributed by atoms with Crippen LogP contribution >= 0.6 is 78.3 Å². The van der Waals surface area contributed by atoms with Crippen LogP contribution in [0.2, 0.25) is 0 Å². The number of carboxylic acid groups (broad SMARTS) is 2. The first-order valence-electron chi connectivity index (χ1n) is 46.3. The third-order valence-electron chi connectivity index (χ3n) is 26.2. The maximum absolute atomic E-state index is 11.7. The van der Waals surface area contributed by atoms with E-state index in [9.17, 15) is 14.4 Å². The minimum absolute atomic E-state index is 0.143. The fraction of sp³-hybridized carbons (Fsp3) is 0.282. The van der Waals surface area contributed by atoms with Crippen molar-refractivity contribution in [2.24, 2.45) is 0 Å². The highest BCUT2D eigenvalue weighted by Crippen LogP contribution is 2.46. The van der Waals surface area contributed by atoms with Gasteiger partial charge in [-0.05, 0) is 338 Å². The summed E-state index contributed by atoms with van der Waals surface area (Å²) in [5, 5.41) is 18.3. The van der Waals surface area contributed by atoms with Crippen molar-refractivity contribution in [3.8, 4) is 0 Å². The second-order valence-corrected chi connectivity index (χ2v) is 43.1. The molecule has 0 heterocycles. The van der Waals surface area contributed by atoms with E-state index in [0.717, 1.165) is 70.8 Å². The highest BCUT2D eigenvalue weighted by molar-refractivity contribution is 9.10. The zero-order chi connectivity index (χ0) is 98.9. The quantitative estimate of drug-likeness (QED) is 0.0994. The van der Waals surface area contributed by atoms with E-state index in [4.69, 9.17) is 56.6 Å². The number of alkyl halides is 4. The molecule has 702 valence electrons. The van der Waals surface area contributed by atoms with Crippen LogP contribution in [0.5, 0.6) is 0 Å². The van der Waals surface area contributed by atoms with Gasteiger partial charge in [0.25, 0.3) is 0 Å². The summed E-state index contributed by atoms with van der Waals surface area (Å²) in [5.74, 6) is -1.52. The van der Waals surface area contributed by atoms with E-state index in [2.05, 4.69) is 414 Å². The molecule has 0 bridgehead atoms. The summed E-state index contributed by atoms with van der Waals surface area (Å²) in [4.78, 5) is 33.5. The zero-order valence-corrected chi connectivity index (χ0v) is 88.7. The Hall–Kier alpha value is -10.5. The van der Waals surface area contributed by atoms with Crippen molar-refractivity contribution in [1.82, 2.24) is 0 Å². The zero-order valence-electron chi connectivity index (χ0n) is 82.5. The summed E-state index contributed by atoms with van der Waals surface area (Å²) >= 11 is 26.0. The molecule has 6 aliphatic carbocycles. The van der Waals surface area contributed by atoms with Gasteiger partial charge in [-0.3, -0.25) is 4.79 Å². The third-order valence-corrected chi connectivity index (χ3v) is 27.1. The Morgan fingerprint density at radius 3 is 0.741 bits per heavy atom. The van der Waals surface area contributed by atoms with Gasteiger partial charge < -0.3 is 10.2 Å². The normalized spacial score (nSPS) is 15.8. The van der Waals surface area contributed by atoms with E-state index in [1.807, 2.05) is 54.6 Å². The number of fused-ring (bicyclic) bond motifs is 6. The lowest BCUT2D eigenvalue weighted by atomic mass is 9.72. The number of halogens is 6. The largest absolute Gasteiger partial charge is 0.478 e. The van der Waals surface area contributed by atoms with Crippen LogP contribution in [0.4, 0.5) is 0 Å². The van der Waals surface area contributed by atoms with Crippen LogP contribution in [0.25, 0.3) is 82.5 Å². The number of hydrogen-bond acceptors (Lipinski definition) is 3. The van der Waals surface area contributed by atoms with Crippen molar-refractivity contribution in [1.29, 1.82) is 0 Å². The molecule has 0 atom stereocenters. The Balaban J connectivity index is 0.000000178. The van der Waals surface area contributed by atoms with Crippen molar-refractivity contribution >= 4 is 179 Å². The molecule has 0 aliphatic heterocycles. The third kappa shape index (κ3) is 30.8. The van der Waals surface area contributed by atoms with Crippen molar-refractivity contribution in [3.63, 3.8) is 0 Å². The number of benzene rings is 11. The van der Waals surface area contributed by atoms with E-state index in [0.29, 0.717) is 17.5 Å². The van der Waals surface area contributed by atoms with Gasteiger partial charge in [0, 0.05) is 20.9 Å². The maximum Gasteiger partial charge on any atom is 0.335 e. The molecular formula is C124H134Br2Cl4O5. The van der Waals surface area contributed by atoms with Gasteiger partial charge in [0.05, 0.1) is 21.8 Å². The molecule has 11 heteroatoms. The Kier molecular flexibility index (Phi) is 39.3. The molecule has 0 spiro atoms. The Morgan fingerprint density at radius 1 is 0.296 bits per heavy atom. The van der Waals surface area contributed by atoms with Gasteiger partial charge in [-0.2, -0.15) is 0 Å². The molecule has 0 fully saturated rings. The van der Waals surface area contributed by atoms with Gasteiger partial charge in [-0.1, -0.05) is 381 Å². The molecule has 0 aromatic heterocycles. The van der Waals surface area contributed by atoms with E-state index >= 15 is 0 Å². The van der Waals surface area contributed by atoms with E-state index < -0.39 is 11.9 Å². The Bertz CT molecular complexity index is 6010. The minimum Gasteiger partial charge on any atom is -0.478 e. The number of carbonyl (C=O) groups excluding carboxylic acids is 1. The smallest absolute Gasteiger partial charge is 0.335 e. The molecule has 5 nitrogen and oxygen atoms in total. The second-order valence-electron chi connectivity index (χ2n) is 39.6. The number of aryl methyl sites for hydroxylation is 3. The molecule has 0 radical (unpaired) electrons. The number of allylic oxidation sites excluding steroid dienone is 10. The first-order chi connectivity index (χ1) is 63.8. The average Bonchev–Trinajstić information content (AvgIpc) is 0.812. The number of carboxylic acids is 2. The topological polar surface area (TPSA) is 91.7 Å². The average molecular weight is 2010 g/mol. The molecule has 0 saturated heterocycles. The lowest BCUT2D eigenvalue weighted by Gasteiger charge is -2.31. The lowest BCUT2D eigenvalue weighted by Crippen LogP contribution is -2.27. The Morgan fingerprint density at radius 2 is 0.496 bits per heavy atom. The van der Waals surface area contributed by atoms with Crippen LogP contribution < -0.4 is 0 Å². The van der Waals surface area contributed by atoms with Crippen LogP contribution in [-0.4, -0.2) is 38.6 Å². The summed E-state index contributed by atoms with van der Waals surface area (Å²) < 4.78 is 2.16. The van der Waals surface area contributed by atoms with Crippen molar-refractivity contribution in [2.45, 2.75) is 216 Å². The van der Waals surface area contributed by atoms with E-state index in [1.165, 1.54) is 138 Å². The van der Waals surface area contributed by atoms with E-state index in [-0.39, 0.29) is 49.0 Å². The molecule has 2 N–H and O–H groups in total. The molecule has 11 aromatic carbocycles. The van der Waals surface area contributed by atoms with Crippen LogP contribution in [0.3, 0.4) is 0 Å². The molecule has 17 rings (SSSR count). The van der Waals surface area contributed by atoms with Gasteiger partial charge in [0.2, 0.25) is 0 Å². The number of hydrogen-bond donors (Lipinski definition) is 2. The maximum atomic E-state index is 11.7. The van der Waals surface area contributed by atoms with Crippen molar-refractivity contribution in [3.05, 3.63) is 421 Å². The summed E-state index contributed by atoms with van der Waals surface area (Å²) in [6.45, 7) is 48.4. The second kappa shape index (κ2) is 49.0. The van der Waals surface area contributed by atoms with Gasteiger partial charge in [-0.15, -0.1) is 46.4 Å². The van der Waals surface area contributed by atoms with Crippen LogP contribution in [0.15, 0.2) is 276 Å². The number of carbonyl (C=O) groups is 3. The van der Waals surface area contributed by atoms with Crippen LogP contribution in [0.1, 0.15) is 322 Å². The highest BCUT2D eigenvalue weighted by Gasteiger charge is 2.34. The number of Topliss-reactive ketones (excluding diaryl/α,β-unsaturated/α-hetero) is 1. The summed E-state index contributed by atoms with van der Waals surface area (Å²) in [7, 11) is 0. The van der Waals surface area contributed by atoms with Crippen LogP contribution in [0, 0.1) is 20.8 Å². The first kappa shape index (κ1) is 108.